The van der Waals surface area contributed by atoms with Gasteiger partial charge in [-0.2, -0.15) is 5.11 Å². The molecule has 11 heteroatoms. The van der Waals surface area contributed by atoms with Crippen LogP contribution in [0.3, 0.4) is 0 Å². The molecule has 33 heavy (non-hydrogen) atoms. The number of ether oxygens (including phenoxy) is 4. The lowest BCUT2D eigenvalue weighted by atomic mass is 10.2. The highest BCUT2D eigenvalue weighted by molar-refractivity contribution is 6.35. The summed E-state index contributed by atoms with van der Waals surface area (Å²) in [4.78, 5) is 25.1. The van der Waals surface area contributed by atoms with Crippen molar-refractivity contribution >= 4 is 46.3 Å². The molecular formula is C22H25Cl2N3O6. The summed E-state index contributed by atoms with van der Waals surface area (Å²) >= 11 is 12.7. The van der Waals surface area contributed by atoms with Gasteiger partial charge in [0, 0.05) is 12.1 Å². The summed E-state index contributed by atoms with van der Waals surface area (Å²) in [7, 11) is 2.87. The molecule has 0 aliphatic rings. The van der Waals surface area contributed by atoms with Crippen molar-refractivity contribution in [3.8, 4) is 23.0 Å². The van der Waals surface area contributed by atoms with E-state index in [1.807, 2.05) is 6.92 Å². The Morgan fingerprint density at radius 1 is 0.970 bits per heavy atom. The molecule has 0 aromatic heterocycles. The van der Waals surface area contributed by atoms with Crippen LogP contribution in [-0.2, 0) is 9.59 Å². The summed E-state index contributed by atoms with van der Waals surface area (Å²) in [5.41, 5.74) is 0.321. The van der Waals surface area contributed by atoms with Crippen LogP contribution in [0.4, 0.5) is 11.4 Å². The number of rotatable bonds is 11. The van der Waals surface area contributed by atoms with Crippen molar-refractivity contribution in [1.82, 2.24) is 0 Å². The third-order valence-electron chi connectivity index (χ3n) is 4.27. The zero-order valence-electron chi connectivity index (χ0n) is 18.9. The van der Waals surface area contributed by atoms with Crippen LogP contribution in [0.2, 0.25) is 10.0 Å². The predicted molar refractivity (Wildman–Crippen MR) is 126 cm³/mol. The molecule has 1 atom stereocenters. The number of carbonyl (C=O) groups excluding carboxylic acids is 2. The van der Waals surface area contributed by atoms with Gasteiger partial charge in [0.1, 0.15) is 38.7 Å². The van der Waals surface area contributed by atoms with E-state index in [0.717, 1.165) is 0 Å². The SMILES string of the molecule is CCOc1cc(NC(=O)C(N=Nc2c(OC)ccc(OC)c2Cl)C(C)=O)c(Cl)c(OCC)c1. The van der Waals surface area contributed by atoms with Crippen molar-refractivity contribution in [2.24, 2.45) is 10.2 Å². The fraction of sp³-hybridized carbons (Fsp3) is 0.364. The molecule has 0 saturated heterocycles. The topological polar surface area (TPSA) is 108 Å². The van der Waals surface area contributed by atoms with Crippen LogP contribution >= 0.6 is 23.2 Å². The number of Topliss-reactive ketones (excluding diaryl/α,β-unsaturated/α-hetero) is 1. The van der Waals surface area contributed by atoms with Crippen molar-refractivity contribution in [2.45, 2.75) is 26.8 Å². The molecule has 0 aliphatic heterocycles. The average molecular weight is 498 g/mol. The van der Waals surface area contributed by atoms with E-state index in [2.05, 4.69) is 15.5 Å². The summed E-state index contributed by atoms with van der Waals surface area (Å²) in [6.45, 7) is 5.59. The third kappa shape index (κ3) is 6.49. The highest BCUT2D eigenvalue weighted by Crippen LogP contribution is 2.42. The second-order valence-electron chi connectivity index (χ2n) is 6.50. The number of amides is 1. The van der Waals surface area contributed by atoms with E-state index in [-0.39, 0.29) is 21.4 Å². The van der Waals surface area contributed by atoms with E-state index in [4.69, 9.17) is 42.1 Å². The van der Waals surface area contributed by atoms with Gasteiger partial charge in [0.25, 0.3) is 5.91 Å². The quantitative estimate of drug-likeness (QED) is 0.324. The van der Waals surface area contributed by atoms with Crippen molar-refractivity contribution in [3.05, 3.63) is 34.3 Å². The molecule has 0 heterocycles. The normalized spacial score (nSPS) is 11.7. The van der Waals surface area contributed by atoms with Crippen LogP contribution in [0.25, 0.3) is 0 Å². The van der Waals surface area contributed by atoms with Crippen LogP contribution in [0.5, 0.6) is 23.0 Å². The Balaban J connectivity index is 2.39. The van der Waals surface area contributed by atoms with Gasteiger partial charge < -0.3 is 24.3 Å². The van der Waals surface area contributed by atoms with Crippen molar-refractivity contribution in [1.29, 1.82) is 0 Å². The lowest BCUT2D eigenvalue weighted by Crippen LogP contribution is -2.32. The summed E-state index contributed by atoms with van der Waals surface area (Å²) < 4.78 is 21.4. The van der Waals surface area contributed by atoms with Crippen LogP contribution in [0.15, 0.2) is 34.5 Å². The number of benzene rings is 2. The molecule has 0 spiro atoms. The second-order valence-corrected chi connectivity index (χ2v) is 7.26. The van der Waals surface area contributed by atoms with Crippen LogP contribution in [0, 0.1) is 0 Å². The van der Waals surface area contributed by atoms with Crippen molar-refractivity contribution in [2.75, 3.05) is 32.8 Å². The van der Waals surface area contributed by atoms with Gasteiger partial charge in [-0.05, 0) is 32.9 Å². The maximum absolute atomic E-state index is 12.9. The molecule has 2 rings (SSSR count). The van der Waals surface area contributed by atoms with E-state index in [0.29, 0.717) is 36.2 Å². The number of ketones is 1. The number of azo groups is 1. The summed E-state index contributed by atoms with van der Waals surface area (Å²) in [5, 5.41) is 10.8. The second kappa shape index (κ2) is 12.3. The Kier molecular flexibility index (Phi) is 9.74. The van der Waals surface area contributed by atoms with Crippen molar-refractivity contribution in [3.63, 3.8) is 0 Å². The van der Waals surface area contributed by atoms with Gasteiger partial charge in [-0.15, -0.1) is 5.11 Å². The number of anilines is 1. The monoisotopic (exact) mass is 497 g/mol. The smallest absolute Gasteiger partial charge is 0.258 e. The molecule has 178 valence electrons. The summed E-state index contributed by atoms with van der Waals surface area (Å²) in [6.07, 6.45) is 0. The van der Waals surface area contributed by atoms with Gasteiger partial charge in [0.2, 0.25) is 6.04 Å². The predicted octanol–water partition coefficient (Wildman–Crippen LogP) is 5.49. The highest BCUT2D eigenvalue weighted by atomic mass is 35.5. The molecule has 0 radical (unpaired) electrons. The Labute approximate surface area is 202 Å². The first kappa shape index (κ1) is 26.2. The fourth-order valence-electron chi connectivity index (χ4n) is 2.75. The van der Waals surface area contributed by atoms with Crippen molar-refractivity contribution < 1.29 is 28.5 Å². The molecule has 9 nitrogen and oxygen atoms in total. The summed E-state index contributed by atoms with van der Waals surface area (Å²) in [5.74, 6) is 0.0988. The zero-order valence-corrected chi connectivity index (χ0v) is 20.4. The molecule has 1 amide bonds. The van der Waals surface area contributed by atoms with E-state index in [1.54, 1.807) is 25.1 Å². The van der Waals surface area contributed by atoms with E-state index < -0.39 is 17.7 Å². The standard InChI is InChI=1S/C22H25Cl2N3O6/c1-6-32-13-10-14(18(23)17(11-13)33-7-2)25-22(29)20(12(3)28)26-27-21-16(31-5)9-8-15(30-4)19(21)24/h8-11,20H,6-7H2,1-5H3,(H,25,29). The molecule has 2 aromatic carbocycles. The molecule has 0 aliphatic carbocycles. The van der Waals surface area contributed by atoms with Gasteiger partial charge in [-0.3, -0.25) is 9.59 Å². The van der Waals surface area contributed by atoms with E-state index in [1.165, 1.54) is 27.2 Å². The maximum Gasteiger partial charge on any atom is 0.258 e. The minimum atomic E-state index is -1.47. The Morgan fingerprint density at radius 2 is 1.61 bits per heavy atom. The number of halogens is 2. The van der Waals surface area contributed by atoms with Gasteiger partial charge in [-0.1, -0.05) is 23.2 Å². The van der Waals surface area contributed by atoms with Gasteiger partial charge >= 0.3 is 0 Å². The molecular weight excluding hydrogens is 473 g/mol. The fourth-order valence-corrected chi connectivity index (χ4v) is 3.23. The molecule has 1 unspecified atom stereocenters. The minimum Gasteiger partial charge on any atom is -0.495 e. The Morgan fingerprint density at radius 3 is 2.18 bits per heavy atom. The Hall–Kier alpha value is -3.04. The number of hydrogen-bond donors (Lipinski definition) is 1. The third-order valence-corrected chi connectivity index (χ3v) is 5.03. The molecule has 0 bridgehead atoms. The van der Waals surface area contributed by atoms with Crippen LogP contribution < -0.4 is 24.3 Å². The number of nitrogens with one attached hydrogen (secondary N) is 1. The van der Waals surface area contributed by atoms with Crippen LogP contribution in [0.1, 0.15) is 20.8 Å². The van der Waals surface area contributed by atoms with E-state index in [9.17, 15) is 9.59 Å². The van der Waals surface area contributed by atoms with Gasteiger partial charge in [0.15, 0.2) is 5.78 Å². The van der Waals surface area contributed by atoms with Crippen LogP contribution in [-0.4, -0.2) is 45.2 Å². The Bertz CT molecular complexity index is 1050. The first-order valence-corrected chi connectivity index (χ1v) is 10.7. The molecule has 0 saturated carbocycles. The van der Waals surface area contributed by atoms with Gasteiger partial charge in [0.05, 0.1) is 33.1 Å². The number of methoxy groups -OCH3 is 2. The molecule has 0 fully saturated rings. The number of hydrogen-bond acceptors (Lipinski definition) is 8. The number of carbonyl (C=O) groups is 2. The summed E-state index contributed by atoms with van der Waals surface area (Å²) in [6, 6.07) is 4.85. The largest absolute Gasteiger partial charge is 0.495 e. The lowest BCUT2D eigenvalue weighted by Gasteiger charge is -2.15. The first-order chi connectivity index (χ1) is 15.8. The first-order valence-electron chi connectivity index (χ1n) is 9.99. The maximum atomic E-state index is 12.9. The lowest BCUT2D eigenvalue weighted by molar-refractivity contribution is -0.126. The highest BCUT2D eigenvalue weighted by Gasteiger charge is 2.25. The van der Waals surface area contributed by atoms with E-state index >= 15 is 0 Å². The minimum absolute atomic E-state index is 0.118. The molecule has 1 N–H and O–H groups in total. The molecule has 2 aromatic rings. The zero-order chi connectivity index (χ0) is 24.5. The average Bonchev–Trinajstić information content (AvgIpc) is 2.77. The van der Waals surface area contributed by atoms with Gasteiger partial charge in [-0.25, -0.2) is 0 Å². The number of nitrogens with zero attached hydrogens (tertiary/aromatic N) is 2.